The molecule has 0 radical (unpaired) electrons. The normalized spacial score (nSPS) is 11.8. The van der Waals surface area contributed by atoms with Crippen LogP contribution in [0.3, 0.4) is 0 Å². The van der Waals surface area contributed by atoms with E-state index >= 15 is 0 Å². The van der Waals surface area contributed by atoms with Gasteiger partial charge in [-0.2, -0.15) is 0 Å². The molecule has 0 spiro atoms. The van der Waals surface area contributed by atoms with Crippen LogP contribution >= 0.6 is 0 Å². The van der Waals surface area contributed by atoms with Crippen molar-refractivity contribution in [1.82, 2.24) is 4.48 Å². The molecule has 1 heteroatoms. The minimum absolute atomic E-state index is 0.994. The smallest absolute Gasteiger partial charge is 0.145 e. The number of nitrogens with zero attached hydrogens (tertiary/aromatic N) is 1. The highest BCUT2D eigenvalue weighted by atomic mass is 15.4. The predicted octanol–water partition coefficient (Wildman–Crippen LogP) is 11.8. The van der Waals surface area contributed by atoms with E-state index in [1.54, 1.807) is 0 Å². The summed E-state index contributed by atoms with van der Waals surface area (Å²) in [6.45, 7) is 7.01. The maximum absolute atomic E-state index is 2.42. The van der Waals surface area contributed by atoms with Gasteiger partial charge >= 0.3 is 0 Å². The lowest BCUT2D eigenvalue weighted by molar-refractivity contribution is 0.356. The highest BCUT2D eigenvalue weighted by molar-refractivity contribution is 5.94. The molecule has 0 N–H and O–H groups in total. The number of rotatable bonds is 20. The van der Waals surface area contributed by atoms with Crippen molar-refractivity contribution in [1.29, 1.82) is 0 Å². The van der Waals surface area contributed by atoms with Crippen molar-refractivity contribution < 1.29 is 0 Å². The van der Waals surface area contributed by atoms with Gasteiger partial charge in [-0.3, -0.25) is 4.48 Å². The van der Waals surface area contributed by atoms with E-state index in [0.717, 1.165) is 4.48 Å². The number of unbranched alkanes of at least 4 members (excludes halogenated alkanes) is 14. The van der Waals surface area contributed by atoms with Gasteiger partial charge in [-0.05, 0) is 49.3 Å². The number of para-hydroxylation sites is 1. The largest absolute Gasteiger partial charge is 0.258 e. The van der Waals surface area contributed by atoms with Crippen molar-refractivity contribution in [2.24, 2.45) is 0 Å². The lowest BCUT2D eigenvalue weighted by Crippen LogP contribution is -2.46. The fraction of sp³-hybridized carbons (Fsp3) is 0.556. The monoisotopic (exact) mass is 500 g/mol. The van der Waals surface area contributed by atoms with Gasteiger partial charge in [-0.25, -0.2) is 0 Å². The Labute approximate surface area is 228 Å². The Hall–Kier alpha value is -2.12. The zero-order valence-corrected chi connectivity index (χ0v) is 24.1. The molecule has 37 heavy (non-hydrogen) atoms. The van der Waals surface area contributed by atoms with Crippen LogP contribution in [0.25, 0.3) is 10.8 Å². The van der Waals surface area contributed by atoms with Crippen LogP contribution in [0, 0.1) is 0 Å². The molecule has 0 heterocycles. The quantitative estimate of drug-likeness (QED) is 0.107. The molecule has 0 saturated carbocycles. The van der Waals surface area contributed by atoms with Crippen LogP contribution < -0.4 is 4.48 Å². The van der Waals surface area contributed by atoms with E-state index < -0.39 is 0 Å². The Balaban J connectivity index is 1.78. The fourth-order valence-electron chi connectivity index (χ4n) is 6.08. The van der Waals surface area contributed by atoms with E-state index in [4.69, 9.17) is 0 Å². The van der Waals surface area contributed by atoms with Crippen LogP contribution in [0.1, 0.15) is 117 Å². The van der Waals surface area contributed by atoms with Gasteiger partial charge in [-0.15, -0.1) is 0 Å². The molecule has 3 aromatic carbocycles. The van der Waals surface area contributed by atoms with Crippen molar-refractivity contribution >= 4 is 22.1 Å². The minimum Gasteiger partial charge on any atom is -0.258 e. The SMILES string of the molecule is CCCCCCCCCC[N+](CCCCCCCCCC)(c1ccccc1)c1cccc2ccccc12. The van der Waals surface area contributed by atoms with Crippen LogP contribution in [0.5, 0.6) is 0 Å². The first kappa shape index (κ1) is 29.4. The molecule has 0 atom stereocenters. The summed E-state index contributed by atoms with van der Waals surface area (Å²) in [5.41, 5.74) is 2.96. The van der Waals surface area contributed by atoms with E-state index in [9.17, 15) is 0 Å². The summed E-state index contributed by atoms with van der Waals surface area (Å²) in [6.07, 6.45) is 22.0. The first-order valence-corrected chi connectivity index (χ1v) is 15.7. The Kier molecular flexibility index (Phi) is 13.8. The minimum atomic E-state index is 0.994. The van der Waals surface area contributed by atoms with Gasteiger partial charge in [0.1, 0.15) is 11.4 Å². The van der Waals surface area contributed by atoms with Gasteiger partial charge in [0.25, 0.3) is 0 Å². The number of hydrogen-bond acceptors (Lipinski definition) is 0. The summed E-state index contributed by atoms with van der Waals surface area (Å²) in [5, 5.41) is 2.79. The third kappa shape index (κ3) is 9.29. The van der Waals surface area contributed by atoms with Gasteiger partial charge in [0.15, 0.2) is 0 Å². The maximum atomic E-state index is 2.42. The average molecular weight is 501 g/mol. The zero-order chi connectivity index (χ0) is 26.0. The van der Waals surface area contributed by atoms with Crippen molar-refractivity contribution in [3.63, 3.8) is 0 Å². The van der Waals surface area contributed by atoms with Crippen LogP contribution in [0.2, 0.25) is 0 Å². The molecule has 0 saturated heterocycles. The van der Waals surface area contributed by atoms with E-state index in [0.29, 0.717) is 0 Å². The summed E-state index contributed by atoms with van der Waals surface area (Å²) in [7, 11) is 0. The first-order chi connectivity index (χ1) is 18.3. The number of fused-ring (bicyclic) bond motifs is 1. The van der Waals surface area contributed by atoms with Gasteiger partial charge in [0, 0.05) is 11.5 Å². The maximum Gasteiger partial charge on any atom is 0.145 e. The number of benzene rings is 3. The van der Waals surface area contributed by atoms with Crippen LogP contribution in [0.15, 0.2) is 72.8 Å². The van der Waals surface area contributed by atoms with E-state index in [2.05, 4.69) is 86.6 Å². The topological polar surface area (TPSA) is 0 Å². The third-order valence-corrected chi connectivity index (χ3v) is 8.26. The van der Waals surface area contributed by atoms with Crippen molar-refractivity contribution in [3.8, 4) is 0 Å². The fourth-order valence-corrected chi connectivity index (χ4v) is 6.08. The summed E-state index contributed by atoms with van der Waals surface area (Å²) in [4.78, 5) is 0. The van der Waals surface area contributed by atoms with Gasteiger partial charge in [0.05, 0.1) is 13.1 Å². The molecule has 3 rings (SSSR count). The van der Waals surface area contributed by atoms with Crippen molar-refractivity contribution in [2.45, 2.75) is 117 Å². The van der Waals surface area contributed by atoms with E-state index in [-0.39, 0.29) is 0 Å². The second-order valence-corrected chi connectivity index (χ2v) is 11.2. The van der Waals surface area contributed by atoms with Gasteiger partial charge < -0.3 is 0 Å². The third-order valence-electron chi connectivity index (χ3n) is 8.26. The molecule has 0 amide bonds. The molecule has 0 aromatic heterocycles. The van der Waals surface area contributed by atoms with Crippen molar-refractivity contribution in [2.75, 3.05) is 13.1 Å². The van der Waals surface area contributed by atoms with E-state index in [1.165, 1.54) is 138 Å². The Morgan fingerprint density at radius 3 is 1.46 bits per heavy atom. The van der Waals surface area contributed by atoms with E-state index in [1.807, 2.05) is 0 Å². The van der Waals surface area contributed by atoms with Gasteiger partial charge in [0.2, 0.25) is 0 Å². The summed E-state index contributed by atoms with van der Waals surface area (Å²) < 4.78 is 0.994. The van der Waals surface area contributed by atoms with Crippen LogP contribution in [-0.4, -0.2) is 13.1 Å². The van der Waals surface area contributed by atoms with Crippen LogP contribution in [0.4, 0.5) is 11.4 Å². The Morgan fingerprint density at radius 1 is 0.432 bits per heavy atom. The second kappa shape index (κ2) is 17.4. The highest BCUT2D eigenvalue weighted by Gasteiger charge is 2.34. The molecule has 0 aliphatic heterocycles. The highest BCUT2D eigenvalue weighted by Crippen LogP contribution is 2.40. The molecule has 0 unspecified atom stereocenters. The molecular weight excluding hydrogens is 446 g/mol. The first-order valence-electron chi connectivity index (χ1n) is 15.7. The standard InChI is InChI=1S/C36H54N/c1-3-5-7-9-11-13-15-22-31-37(34-27-18-17-19-28-34,32-23-16-14-12-10-8-6-4-2)36-30-24-26-33-25-20-21-29-35(33)36/h17-21,24-30H,3-16,22-23,31-32H2,1-2H3/q+1. The zero-order valence-electron chi connectivity index (χ0n) is 24.1. The van der Waals surface area contributed by atoms with Crippen molar-refractivity contribution in [3.05, 3.63) is 72.8 Å². The average Bonchev–Trinajstić information content (AvgIpc) is 2.95. The molecule has 0 aliphatic rings. The lowest BCUT2D eigenvalue weighted by atomic mass is 10.0. The van der Waals surface area contributed by atoms with Crippen LogP contribution in [-0.2, 0) is 0 Å². The summed E-state index contributed by atoms with van der Waals surface area (Å²) in [5.74, 6) is 0. The summed E-state index contributed by atoms with van der Waals surface area (Å²) >= 11 is 0. The number of hydrogen-bond donors (Lipinski definition) is 0. The summed E-state index contributed by atoms with van der Waals surface area (Å²) in [6, 6.07) is 27.5. The predicted molar refractivity (Wildman–Crippen MR) is 167 cm³/mol. The Bertz CT molecular complexity index is 951. The number of quaternary nitrogens is 1. The molecule has 3 aromatic rings. The van der Waals surface area contributed by atoms with Gasteiger partial charge in [-0.1, -0.05) is 139 Å². The molecular formula is C36H54N+. The molecule has 1 nitrogen and oxygen atoms in total. The molecule has 0 fully saturated rings. The molecule has 0 aliphatic carbocycles. The molecule has 0 bridgehead atoms. The Morgan fingerprint density at radius 2 is 0.892 bits per heavy atom. The second-order valence-electron chi connectivity index (χ2n) is 11.2. The lowest BCUT2D eigenvalue weighted by Gasteiger charge is -2.39. The molecule has 202 valence electrons.